The minimum atomic E-state index is -1.24. The van der Waals surface area contributed by atoms with E-state index < -0.39 is 23.5 Å². The van der Waals surface area contributed by atoms with Crippen LogP contribution in [0.15, 0.2) is 73.2 Å². The Labute approximate surface area is 321 Å². The zero-order valence-corrected chi connectivity index (χ0v) is 30.6. The number of aromatic nitrogens is 3. The second-order valence-corrected chi connectivity index (χ2v) is 13.6. The summed E-state index contributed by atoms with van der Waals surface area (Å²) < 4.78 is 14.1. The Hall–Kier alpha value is -5.63. The van der Waals surface area contributed by atoms with E-state index in [0.717, 1.165) is 43.3 Å². The van der Waals surface area contributed by atoms with Gasteiger partial charge in [0.25, 0.3) is 5.69 Å². The highest BCUT2D eigenvalue weighted by Gasteiger charge is 2.25. The number of β-amino-alcohol motifs (C(OH)–C–C–N with tert-alkyl or cyclic N) is 1. The van der Waals surface area contributed by atoms with Gasteiger partial charge in [-0.25, -0.2) is 0 Å². The SMILES string of the molecule is N#Cc1cncc(COc2cc(OCc3cccc(-c4cccc5c4cnn5CCCCN4CCC(O)C4)c3[N+](=O)[O-])c(Cl)cc2CN[C@@H](CO)C(=O)O)c1. The molecule has 16 heteroatoms. The van der Waals surface area contributed by atoms with Gasteiger partial charge in [-0.1, -0.05) is 29.8 Å². The van der Waals surface area contributed by atoms with E-state index in [0.29, 0.717) is 46.5 Å². The fourth-order valence-corrected chi connectivity index (χ4v) is 6.88. The van der Waals surface area contributed by atoms with Crippen molar-refractivity contribution in [1.29, 1.82) is 5.26 Å². The molecule has 2 aromatic heterocycles. The quantitative estimate of drug-likeness (QED) is 0.0522. The predicted molar refractivity (Wildman–Crippen MR) is 203 cm³/mol. The number of aliphatic hydroxyl groups excluding tert-OH is 2. The van der Waals surface area contributed by atoms with Gasteiger partial charge in [0.1, 0.15) is 36.8 Å². The van der Waals surface area contributed by atoms with Crippen LogP contribution in [0.4, 0.5) is 5.69 Å². The average molecular weight is 770 g/mol. The molecule has 1 saturated heterocycles. The highest BCUT2D eigenvalue weighted by Crippen LogP contribution is 2.39. The number of hydrogen-bond donors (Lipinski definition) is 4. The summed E-state index contributed by atoms with van der Waals surface area (Å²) in [6.07, 6.45) is 7.11. The molecule has 0 saturated carbocycles. The maximum atomic E-state index is 12.7. The zero-order chi connectivity index (χ0) is 38.9. The zero-order valence-electron chi connectivity index (χ0n) is 29.8. The first-order valence-corrected chi connectivity index (χ1v) is 18.1. The largest absolute Gasteiger partial charge is 0.488 e. The number of nitrogens with one attached hydrogen (secondary N) is 1. The monoisotopic (exact) mass is 769 g/mol. The molecule has 0 amide bonds. The van der Waals surface area contributed by atoms with Crippen molar-refractivity contribution >= 4 is 34.2 Å². The van der Waals surface area contributed by atoms with Gasteiger partial charge < -0.3 is 29.7 Å². The van der Waals surface area contributed by atoms with Crippen molar-refractivity contribution in [2.24, 2.45) is 0 Å². The molecule has 0 bridgehead atoms. The smallest absolute Gasteiger partial charge is 0.323 e. The van der Waals surface area contributed by atoms with E-state index >= 15 is 0 Å². The Morgan fingerprint density at radius 3 is 2.58 bits per heavy atom. The number of hydrogen-bond acceptors (Lipinski definition) is 12. The van der Waals surface area contributed by atoms with Crippen molar-refractivity contribution in [3.05, 3.63) is 111 Å². The van der Waals surface area contributed by atoms with E-state index in [9.17, 15) is 35.5 Å². The Morgan fingerprint density at radius 1 is 1.05 bits per heavy atom. The molecule has 0 spiro atoms. The van der Waals surface area contributed by atoms with Crippen LogP contribution in [-0.2, 0) is 31.1 Å². The van der Waals surface area contributed by atoms with Crippen molar-refractivity contribution in [3.8, 4) is 28.7 Å². The van der Waals surface area contributed by atoms with E-state index in [1.165, 1.54) is 18.3 Å². The van der Waals surface area contributed by atoms with Gasteiger partial charge in [-0.15, -0.1) is 0 Å². The third kappa shape index (κ3) is 9.55. The number of nitro benzene ring substituents is 1. The number of rotatable bonds is 18. The van der Waals surface area contributed by atoms with Crippen LogP contribution in [0.1, 0.15) is 41.5 Å². The van der Waals surface area contributed by atoms with Gasteiger partial charge in [-0.05, 0) is 61.7 Å². The minimum Gasteiger partial charge on any atom is -0.488 e. The molecular formula is C39H40ClN7O8. The van der Waals surface area contributed by atoms with Crippen LogP contribution in [0.2, 0.25) is 5.02 Å². The summed E-state index contributed by atoms with van der Waals surface area (Å²) in [4.78, 5) is 30.1. The summed E-state index contributed by atoms with van der Waals surface area (Å²) in [7, 11) is 0. The lowest BCUT2D eigenvalue weighted by Gasteiger charge is -2.18. The molecule has 0 radical (unpaired) electrons. The number of aliphatic hydroxyl groups is 2. The Balaban J connectivity index is 1.23. The summed E-state index contributed by atoms with van der Waals surface area (Å²) in [5, 5.41) is 58.9. The van der Waals surface area contributed by atoms with Crippen LogP contribution < -0.4 is 14.8 Å². The van der Waals surface area contributed by atoms with Crippen LogP contribution >= 0.6 is 11.6 Å². The maximum Gasteiger partial charge on any atom is 0.323 e. The number of nitrogens with zero attached hydrogens (tertiary/aromatic N) is 6. The van der Waals surface area contributed by atoms with Gasteiger partial charge in [0, 0.05) is 61.2 Å². The van der Waals surface area contributed by atoms with Crippen molar-refractivity contribution < 1.29 is 34.5 Å². The molecule has 2 atom stereocenters. The summed E-state index contributed by atoms with van der Waals surface area (Å²) >= 11 is 6.64. The normalized spacial score (nSPS) is 14.8. The molecular weight excluding hydrogens is 730 g/mol. The summed E-state index contributed by atoms with van der Waals surface area (Å²) in [6, 6.07) is 16.1. The number of halogens is 1. The molecule has 3 aromatic carbocycles. The first-order chi connectivity index (χ1) is 26.6. The number of pyridine rings is 1. The van der Waals surface area contributed by atoms with Crippen LogP contribution in [0, 0.1) is 21.4 Å². The molecule has 0 aliphatic carbocycles. The highest BCUT2D eigenvalue weighted by atomic mass is 35.5. The number of unbranched alkanes of at least 4 members (excludes halogenated alkanes) is 1. The first kappa shape index (κ1) is 39.1. The Bertz CT molecular complexity index is 2210. The molecule has 286 valence electrons. The first-order valence-electron chi connectivity index (χ1n) is 17.8. The van der Waals surface area contributed by atoms with Crippen LogP contribution in [-0.4, -0.2) is 84.3 Å². The fourth-order valence-electron chi connectivity index (χ4n) is 6.64. The fraction of sp³-hybridized carbons (Fsp3) is 0.333. The topological polar surface area (TPSA) is 209 Å². The Morgan fingerprint density at radius 2 is 1.84 bits per heavy atom. The van der Waals surface area contributed by atoms with Crippen molar-refractivity contribution in [1.82, 2.24) is 25.0 Å². The molecule has 5 aromatic rings. The average Bonchev–Trinajstić information content (AvgIpc) is 3.80. The molecule has 15 nitrogen and oxygen atoms in total. The number of nitro groups is 1. The number of carbonyl (C=O) groups is 1. The van der Waals surface area contributed by atoms with E-state index in [-0.39, 0.29) is 48.1 Å². The van der Waals surface area contributed by atoms with Gasteiger partial charge in [0.05, 0.1) is 51.1 Å². The number of aryl methyl sites for hydroxylation is 1. The lowest BCUT2D eigenvalue weighted by atomic mass is 9.97. The third-order valence-electron chi connectivity index (χ3n) is 9.46. The standard InChI is InChI=1S/C39H40ClN7O8/c40-33-14-28(19-43-34(22-48)39(50)51)36(54-23-26-13-25(16-41)17-42-18-26)15-37(33)55-24-27-5-3-7-31(38(27)47(52)53)30-6-4-8-35-32(30)20-44-46(35)11-2-1-10-45-12-9-29(49)21-45/h3-8,13-15,17-18,20,29,34,43,48-49H,1-2,9-12,19,21-24H2,(H,50,51)/t29?,34-/m0/s1. The number of ether oxygens (including phenoxy) is 2. The number of fused-ring (bicyclic) bond motifs is 1. The molecule has 1 aliphatic rings. The van der Waals surface area contributed by atoms with E-state index in [4.69, 9.17) is 21.1 Å². The van der Waals surface area contributed by atoms with Gasteiger partial charge in [0.15, 0.2) is 0 Å². The number of para-hydroxylation sites is 1. The number of nitriles is 1. The second-order valence-electron chi connectivity index (χ2n) is 13.2. The van der Waals surface area contributed by atoms with Crippen LogP contribution in [0.3, 0.4) is 0 Å². The number of carboxylic acids is 1. The van der Waals surface area contributed by atoms with Gasteiger partial charge in [-0.3, -0.25) is 29.9 Å². The molecule has 6 rings (SSSR count). The van der Waals surface area contributed by atoms with Gasteiger partial charge in [-0.2, -0.15) is 10.4 Å². The second kappa shape index (κ2) is 18.1. The van der Waals surface area contributed by atoms with E-state index in [2.05, 4.69) is 20.3 Å². The summed E-state index contributed by atoms with van der Waals surface area (Å²) in [5.41, 5.74) is 3.50. The maximum absolute atomic E-state index is 12.7. The lowest BCUT2D eigenvalue weighted by molar-refractivity contribution is -0.385. The van der Waals surface area contributed by atoms with E-state index in [1.807, 2.05) is 29.0 Å². The Kier molecular flexibility index (Phi) is 12.9. The highest BCUT2D eigenvalue weighted by molar-refractivity contribution is 6.32. The van der Waals surface area contributed by atoms with Crippen molar-refractivity contribution in [3.63, 3.8) is 0 Å². The van der Waals surface area contributed by atoms with Gasteiger partial charge >= 0.3 is 5.97 Å². The third-order valence-corrected chi connectivity index (χ3v) is 9.75. The molecule has 4 N–H and O–H groups in total. The minimum absolute atomic E-state index is 0.00178. The molecule has 1 aliphatic heterocycles. The number of carboxylic acid groups (broad SMARTS) is 1. The van der Waals surface area contributed by atoms with Crippen molar-refractivity contribution in [2.75, 3.05) is 26.2 Å². The summed E-state index contributed by atoms with van der Waals surface area (Å²) in [6.45, 7) is 2.32. The number of benzene rings is 3. The molecule has 1 unspecified atom stereocenters. The molecule has 1 fully saturated rings. The van der Waals surface area contributed by atoms with Gasteiger partial charge in [0.2, 0.25) is 0 Å². The molecule has 3 heterocycles. The van der Waals surface area contributed by atoms with Crippen LogP contribution in [0.25, 0.3) is 22.0 Å². The molecule has 55 heavy (non-hydrogen) atoms. The predicted octanol–water partition coefficient (Wildman–Crippen LogP) is 5.07. The number of aliphatic carboxylic acids is 1. The van der Waals surface area contributed by atoms with E-state index in [1.54, 1.807) is 36.7 Å². The summed E-state index contributed by atoms with van der Waals surface area (Å²) in [5.74, 6) is -0.821. The number of likely N-dealkylation sites (tertiary alicyclic amines) is 1. The lowest BCUT2D eigenvalue weighted by Crippen LogP contribution is -2.39. The van der Waals surface area contributed by atoms with Crippen LogP contribution in [0.5, 0.6) is 11.5 Å². The van der Waals surface area contributed by atoms with Crippen molar-refractivity contribution in [2.45, 2.75) is 57.7 Å².